The van der Waals surface area contributed by atoms with Crippen LogP contribution in [-0.2, 0) is 6.42 Å². The lowest BCUT2D eigenvalue weighted by atomic mass is 10.0. The van der Waals surface area contributed by atoms with E-state index in [-0.39, 0.29) is 0 Å². The van der Waals surface area contributed by atoms with Gasteiger partial charge in [-0.3, -0.25) is 0 Å². The summed E-state index contributed by atoms with van der Waals surface area (Å²) in [5.41, 5.74) is 4.58. The number of piperidine rings is 1. The number of aromatic nitrogens is 4. The van der Waals surface area contributed by atoms with Crippen LogP contribution in [0.25, 0.3) is 22.1 Å². The van der Waals surface area contributed by atoms with Gasteiger partial charge in [-0.15, -0.1) is 0 Å². The SMILES string of the molecule is c1ccc(CCN2CCC(n3cnc4cnc5[nH]ccc5c43)CC2)cc1. The van der Waals surface area contributed by atoms with Crippen molar-refractivity contribution in [1.29, 1.82) is 0 Å². The maximum atomic E-state index is 4.59. The van der Waals surface area contributed by atoms with Crippen molar-refractivity contribution in [2.75, 3.05) is 19.6 Å². The van der Waals surface area contributed by atoms with E-state index in [1.54, 1.807) is 0 Å². The highest BCUT2D eigenvalue weighted by Gasteiger charge is 2.22. The van der Waals surface area contributed by atoms with Gasteiger partial charge in [0.1, 0.15) is 11.2 Å². The Morgan fingerprint density at radius 1 is 1.04 bits per heavy atom. The minimum atomic E-state index is 0.522. The Morgan fingerprint density at radius 3 is 2.73 bits per heavy atom. The third-order valence-corrected chi connectivity index (χ3v) is 5.63. The molecule has 1 saturated heterocycles. The average Bonchev–Trinajstić information content (AvgIpc) is 3.34. The van der Waals surface area contributed by atoms with Gasteiger partial charge in [0.2, 0.25) is 0 Å². The van der Waals surface area contributed by atoms with Gasteiger partial charge >= 0.3 is 0 Å². The van der Waals surface area contributed by atoms with E-state index in [4.69, 9.17) is 0 Å². The minimum Gasteiger partial charge on any atom is -0.346 e. The molecule has 0 atom stereocenters. The number of likely N-dealkylation sites (tertiary alicyclic amines) is 1. The van der Waals surface area contributed by atoms with Gasteiger partial charge in [0, 0.05) is 37.3 Å². The number of hydrogen-bond acceptors (Lipinski definition) is 3. The lowest BCUT2D eigenvalue weighted by Gasteiger charge is -2.33. The Balaban J connectivity index is 1.30. The summed E-state index contributed by atoms with van der Waals surface area (Å²) in [6.07, 6.45) is 9.32. The van der Waals surface area contributed by atoms with Gasteiger partial charge in [-0.25, -0.2) is 9.97 Å². The fraction of sp³-hybridized carbons (Fsp3) is 0.333. The third-order valence-electron chi connectivity index (χ3n) is 5.63. The predicted octanol–water partition coefficient (Wildman–Crippen LogP) is 3.79. The van der Waals surface area contributed by atoms with Gasteiger partial charge in [-0.1, -0.05) is 30.3 Å². The molecule has 3 aromatic heterocycles. The first-order chi connectivity index (χ1) is 12.9. The summed E-state index contributed by atoms with van der Waals surface area (Å²) in [6, 6.07) is 13.4. The molecule has 0 saturated carbocycles. The molecule has 0 bridgehead atoms. The van der Waals surface area contributed by atoms with Gasteiger partial charge < -0.3 is 14.5 Å². The van der Waals surface area contributed by atoms with Crippen LogP contribution in [0.4, 0.5) is 0 Å². The number of imidazole rings is 1. The van der Waals surface area contributed by atoms with E-state index in [0.29, 0.717) is 6.04 Å². The molecule has 0 amide bonds. The van der Waals surface area contributed by atoms with E-state index in [9.17, 15) is 0 Å². The second-order valence-corrected chi connectivity index (χ2v) is 7.19. The number of nitrogens with one attached hydrogen (secondary N) is 1. The standard InChI is InChI=1S/C21H23N5/c1-2-4-16(5-3-1)7-11-25-12-8-17(9-13-25)26-15-24-19-14-23-21-18(20(19)26)6-10-22-21/h1-6,10,14-15,17H,7-9,11-13H2,(H,22,23). The lowest BCUT2D eigenvalue weighted by molar-refractivity contribution is 0.190. The first kappa shape index (κ1) is 15.6. The number of nitrogens with zero attached hydrogens (tertiary/aromatic N) is 4. The van der Waals surface area contributed by atoms with Gasteiger partial charge in [0.05, 0.1) is 18.0 Å². The van der Waals surface area contributed by atoms with Crippen molar-refractivity contribution in [1.82, 2.24) is 24.4 Å². The maximum absolute atomic E-state index is 4.59. The molecule has 5 heteroatoms. The molecule has 0 unspecified atom stereocenters. The van der Waals surface area contributed by atoms with Crippen molar-refractivity contribution in [2.45, 2.75) is 25.3 Å². The summed E-state index contributed by atoms with van der Waals surface area (Å²) in [5, 5.41) is 1.17. The molecule has 0 spiro atoms. The Bertz CT molecular complexity index is 1010. The number of hydrogen-bond donors (Lipinski definition) is 1. The second-order valence-electron chi connectivity index (χ2n) is 7.19. The lowest BCUT2D eigenvalue weighted by Crippen LogP contribution is -2.35. The molecule has 0 radical (unpaired) electrons. The molecule has 0 aliphatic carbocycles. The van der Waals surface area contributed by atoms with Crippen molar-refractivity contribution in [3.05, 3.63) is 60.7 Å². The molecule has 5 rings (SSSR count). The van der Waals surface area contributed by atoms with Crippen molar-refractivity contribution >= 4 is 22.1 Å². The second kappa shape index (κ2) is 6.57. The molecule has 1 fully saturated rings. The third kappa shape index (κ3) is 2.78. The van der Waals surface area contributed by atoms with Gasteiger partial charge in [0.25, 0.3) is 0 Å². The zero-order chi connectivity index (χ0) is 17.3. The first-order valence-corrected chi connectivity index (χ1v) is 9.43. The number of rotatable bonds is 4. The Labute approximate surface area is 152 Å². The quantitative estimate of drug-likeness (QED) is 0.612. The van der Waals surface area contributed by atoms with Crippen LogP contribution < -0.4 is 0 Å². The van der Waals surface area contributed by atoms with Crippen LogP contribution in [0.5, 0.6) is 0 Å². The van der Waals surface area contributed by atoms with E-state index in [1.165, 1.54) is 29.3 Å². The summed E-state index contributed by atoms with van der Waals surface area (Å²) in [4.78, 5) is 14.8. The summed E-state index contributed by atoms with van der Waals surface area (Å²) in [5.74, 6) is 0. The monoisotopic (exact) mass is 345 g/mol. The van der Waals surface area contributed by atoms with Crippen molar-refractivity contribution in [3.63, 3.8) is 0 Å². The van der Waals surface area contributed by atoms with E-state index in [2.05, 4.69) is 60.8 Å². The molecular formula is C21H23N5. The number of aromatic amines is 1. The minimum absolute atomic E-state index is 0.522. The van der Waals surface area contributed by atoms with E-state index >= 15 is 0 Å². The molecule has 4 aromatic rings. The van der Waals surface area contributed by atoms with Gasteiger partial charge in [0.15, 0.2) is 0 Å². The molecule has 4 heterocycles. The smallest absolute Gasteiger partial charge is 0.139 e. The van der Waals surface area contributed by atoms with Crippen LogP contribution in [0.15, 0.2) is 55.1 Å². The van der Waals surface area contributed by atoms with Gasteiger partial charge in [-0.2, -0.15) is 0 Å². The Kier molecular flexibility index (Phi) is 3.94. The average molecular weight is 345 g/mol. The summed E-state index contributed by atoms with van der Waals surface area (Å²) in [6.45, 7) is 3.45. The van der Waals surface area contributed by atoms with E-state index < -0.39 is 0 Å². The van der Waals surface area contributed by atoms with E-state index in [0.717, 1.165) is 37.2 Å². The normalized spacial score (nSPS) is 16.6. The summed E-state index contributed by atoms with van der Waals surface area (Å²) in [7, 11) is 0. The van der Waals surface area contributed by atoms with Gasteiger partial charge in [-0.05, 0) is 30.9 Å². The fourth-order valence-corrected chi connectivity index (χ4v) is 4.16. The van der Waals surface area contributed by atoms with Crippen LogP contribution in [-0.4, -0.2) is 44.1 Å². The van der Waals surface area contributed by atoms with Crippen molar-refractivity contribution in [3.8, 4) is 0 Å². The van der Waals surface area contributed by atoms with E-state index in [1.807, 2.05) is 18.7 Å². The number of fused-ring (bicyclic) bond motifs is 3. The van der Waals surface area contributed by atoms with Crippen molar-refractivity contribution in [2.24, 2.45) is 0 Å². The highest BCUT2D eigenvalue weighted by Crippen LogP contribution is 2.30. The number of H-pyrrole nitrogens is 1. The first-order valence-electron chi connectivity index (χ1n) is 9.43. The molecule has 5 nitrogen and oxygen atoms in total. The Morgan fingerprint density at radius 2 is 1.88 bits per heavy atom. The Hall–Kier alpha value is -2.66. The predicted molar refractivity (Wildman–Crippen MR) is 104 cm³/mol. The fourth-order valence-electron chi connectivity index (χ4n) is 4.16. The maximum Gasteiger partial charge on any atom is 0.139 e. The van der Waals surface area contributed by atoms with Crippen LogP contribution in [0.3, 0.4) is 0 Å². The van der Waals surface area contributed by atoms with Crippen LogP contribution in [0, 0.1) is 0 Å². The van der Waals surface area contributed by atoms with Crippen molar-refractivity contribution < 1.29 is 0 Å². The molecule has 132 valence electrons. The highest BCUT2D eigenvalue weighted by atomic mass is 15.2. The van der Waals surface area contributed by atoms with Crippen LogP contribution in [0.2, 0.25) is 0 Å². The molecule has 1 N–H and O–H groups in total. The zero-order valence-electron chi connectivity index (χ0n) is 14.8. The molecule has 1 aliphatic rings. The zero-order valence-corrected chi connectivity index (χ0v) is 14.8. The molecular weight excluding hydrogens is 322 g/mol. The number of benzene rings is 1. The summed E-state index contributed by atoms with van der Waals surface area (Å²) < 4.78 is 2.38. The number of pyridine rings is 1. The van der Waals surface area contributed by atoms with Crippen LogP contribution >= 0.6 is 0 Å². The summed E-state index contributed by atoms with van der Waals surface area (Å²) >= 11 is 0. The largest absolute Gasteiger partial charge is 0.346 e. The topological polar surface area (TPSA) is 49.7 Å². The van der Waals surface area contributed by atoms with Crippen LogP contribution in [0.1, 0.15) is 24.4 Å². The molecule has 26 heavy (non-hydrogen) atoms. The highest BCUT2D eigenvalue weighted by molar-refractivity contribution is 6.00. The molecule has 1 aromatic carbocycles. The molecule has 1 aliphatic heterocycles.